The van der Waals surface area contributed by atoms with Crippen LogP contribution in [0, 0.1) is 0 Å². The van der Waals surface area contributed by atoms with Crippen LogP contribution in [-0.4, -0.2) is 36.2 Å². The summed E-state index contributed by atoms with van der Waals surface area (Å²) in [4.78, 5) is 30.6. The van der Waals surface area contributed by atoms with Crippen molar-refractivity contribution >= 4 is 17.5 Å². The second-order valence-electron chi connectivity index (χ2n) is 6.74. The minimum Gasteiger partial charge on any atom is -0.382 e. The molecule has 0 saturated heterocycles. The van der Waals surface area contributed by atoms with Gasteiger partial charge < -0.3 is 15.5 Å². The zero-order valence-electron chi connectivity index (χ0n) is 15.9. The van der Waals surface area contributed by atoms with Gasteiger partial charge in [-0.15, -0.1) is 0 Å². The lowest BCUT2D eigenvalue weighted by atomic mass is 10.0. The smallest absolute Gasteiger partial charge is 0.265 e. The Kier molecular flexibility index (Phi) is 6.78. The van der Waals surface area contributed by atoms with Gasteiger partial charge in [-0.1, -0.05) is 72.7 Å². The van der Waals surface area contributed by atoms with Crippen LogP contribution in [0.3, 0.4) is 0 Å². The van der Waals surface area contributed by atoms with E-state index in [2.05, 4.69) is 15.8 Å². The van der Waals surface area contributed by atoms with E-state index >= 15 is 0 Å². The van der Waals surface area contributed by atoms with E-state index < -0.39 is 12.1 Å². The fraction of sp³-hybridized carbons (Fsp3) is 0.318. The molecule has 2 unspecified atom stereocenters. The molecule has 0 aliphatic carbocycles. The molecule has 0 bridgehead atoms. The first-order valence-corrected chi connectivity index (χ1v) is 9.57. The molecule has 1 aliphatic rings. The Bertz CT molecular complexity index is 821. The predicted molar refractivity (Wildman–Crippen MR) is 108 cm³/mol. The van der Waals surface area contributed by atoms with Gasteiger partial charge in [-0.05, 0) is 17.5 Å². The van der Waals surface area contributed by atoms with Crippen LogP contribution in [0.1, 0.15) is 30.9 Å². The molecule has 3 rings (SSSR count). The van der Waals surface area contributed by atoms with Gasteiger partial charge in [0.15, 0.2) is 0 Å². The van der Waals surface area contributed by atoms with E-state index in [4.69, 9.17) is 4.84 Å². The number of carbonyl (C=O) groups is 2. The summed E-state index contributed by atoms with van der Waals surface area (Å²) in [7, 11) is 0. The van der Waals surface area contributed by atoms with Crippen LogP contribution in [-0.2, 0) is 20.8 Å². The first kappa shape index (κ1) is 19.6. The van der Waals surface area contributed by atoms with Gasteiger partial charge in [0, 0.05) is 19.4 Å². The fourth-order valence-corrected chi connectivity index (χ4v) is 3.01. The highest BCUT2D eigenvalue weighted by Crippen LogP contribution is 2.17. The van der Waals surface area contributed by atoms with Gasteiger partial charge in [-0.25, -0.2) is 0 Å². The second-order valence-corrected chi connectivity index (χ2v) is 6.74. The summed E-state index contributed by atoms with van der Waals surface area (Å²) in [6.45, 7) is 2.56. The SMILES string of the molecule is CCCNC(=O)C(Cc1ccccc1)NC(=O)C1CC(c2ccccc2)=NO1. The Balaban J connectivity index is 1.63. The molecule has 2 atom stereocenters. The number of hydrogen-bond donors (Lipinski definition) is 2. The van der Waals surface area contributed by atoms with Crippen molar-refractivity contribution in [3.05, 3.63) is 71.8 Å². The van der Waals surface area contributed by atoms with Crippen molar-refractivity contribution in [2.75, 3.05) is 6.54 Å². The molecule has 0 fully saturated rings. The zero-order valence-corrected chi connectivity index (χ0v) is 15.9. The normalized spacial score (nSPS) is 16.6. The largest absolute Gasteiger partial charge is 0.382 e. The van der Waals surface area contributed by atoms with Crippen LogP contribution >= 0.6 is 0 Å². The Morgan fingerprint density at radius 3 is 2.46 bits per heavy atom. The van der Waals surface area contributed by atoms with Gasteiger partial charge in [-0.3, -0.25) is 9.59 Å². The summed E-state index contributed by atoms with van der Waals surface area (Å²) in [5.74, 6) is -0.525. The molecule has 2 aromatic carbocycles. The van der Waals surface area contributed by atoms with Crippen LogP contribution in [0.2, 0.25) is 0 Å². The molecule has 146 valence electrons. The van der Waals surface area contributed by atoms with E-state index in [-0.39, 0.29) is 11.8 Å². The molecule has 28 heavy (non-hydrogen) atoms. The zero-order chi connectivity index (χ0) is 19.8. The number of hydrogen-bond acceptors (Lipinski definition) is 4. The first-order chi connectivity index (χ1) is 13.7. The van der Waals surface area contributed by atoms with Crippen LogP contribution in [0.4, 0.5) is 0 Å². The molecule has 2 amide bonds. The molecule has 0 saturated carbocycles. The summed E-state index contributed by atoms with van der Waals surface area (Å²) in [6.07, 6.45) is 0.899. The van der Waals surface area contributed by atoms with Crippen molar-refractivity contribution in [2.45, 2.75) is 38.3 Å². The molecule has 0 radical (unpaired) electrons. The highest BCUT2D eigenvalue weighted by molar-refractivity contribution is 6.04. The minimum atomic E-state index is -0.729. The van der Waals surface area contributed by atoms with E-state index in [1.54, 1.807) is 0 Å². The van der Waals surface area contributed by atoms with E-state index in [9.17, 15) is 9.59 Å². The third-order valence-corrected chi connectivity index (χ3v) is 4.53. The maximum atomic E-state index is 12.7. The van der Waals surface area contributed by atoms with Crippen LogP contribution < -0.4 is 10.6 Å². The lowest BCUT2D eigenvalue weighted by molar-refractivity contribution is -0.135. The predicted octanol–water partition coefficient (Wildman–Crippen LogP) is 2.43. The Morgan fingerprint density at radius 1 is 1.11 bits per heavy atom. The lowest BCUT2D eigenvalue weighted by Gasteiger charge is -2.20. The minimum absolute atomic E-state index is 0.193. The molecule has 1 aliphatic heterocycles. The van der Waals surface area contributed by atoms with E-state index in [1.807, 2.05) is 67.6 Å². The molecule has 6 nitrogen and oxygen atoms in total. The van der Waals surface area contributed by atoms with Crippen LogP contribution in [0.25, 0.3) is 0 Å². The Hall–Kier alpha value is -3.15. The molecular weight excluding hydrogens is 354 g/mol. The number of rotatable bonds is 8. The first-order valence-electron chi connectivity index (χ1n) is 9.57. The highest BCUT2D eigenvalue weighted by Gasteiger charge is 2.31. The van der Waals surface area contributed by atoms with E-state index in [0.29, 0.717) is 19.4 Å². The number of amides is 2. The summed E-state index contributed by atoms with van der Waals surface area (Å²) in [5.41, 5.74) is 2.64. The van der Waals surface area contributed by atoms with E-state index in [1.165, 1.54) is 0 Å². The highest BCUT2D eigenvalue weighted by atomic mass is 16.6. The second kappa shape index (κ2) is 9.69. The summed E-state index contributed by atoms with van der Waals surface area (Å²) in [6, 6.07) is 18.6. The maximum absolute atomic E-state index is 12.7. The lowest BCUT2D eigenvalue weighted by Crippen LogP contribution is -2.51. The third kappa shape index (κ3) is 5.19. The Morgan fingerprint density at radius 2 is 1.79 bits per heavy atom. The number of nitrogens with one attached hydrogen (secondary N) is 2. The van der Waals surface area contributed by atoms with E-state index in [0.717, 1.165) is 23.3 Å². The quantitative estimate of drug-likeness (QED) is 0.739. The molecule has 0 aromatic heterocycles. The van der Waals surface area contributed by atoms with Gasteiger partial charge in [0.1, 0.15) is 6.04 Å². The van der Waals surface area contributed by atoms with Gasteiger partial charge in [0.05, 0.1) is 5.71 Å². The summed E-state index contributed by atoms with van der Waals surface area (Å²) >= 11 is 0. The molecule has 2 aromatic rings. The van der Waals surface area contributed by atoms with Crippen molar-refractivity contribution in [3.63, 3.8) is 0 Å². The third-order valence-electron chi connectivity index (χ3n) is 4.53. The number of nitrogens with zero attached hydrogens (tertiary/aromatic N) is 1. The molecule has 2 N–H and O–H groups in total. The van der Waals surface area contributed by atoms with Crippen molar-refractivity contribution < 1.29 is 14.4 Å². The topological polar surface area (TPSA) is 79.8 Å². The summed E-state index contributed by atoms with van der Waals surface area (Å²) < 4.78 is 0. The fourth-order valence-electron chi connectivity index (χ4n) is 3.01. The van der Waals surface area contributed by atoms with Gasteiger partial charge in [0.2, 0.25) is 12.0 Å². The van der Waals surface area contributed by atoms with Crippen LogP contribution in [0.5, 0.6) is 0 Å². The monoisotopic (exact) mass is 379 g/mol. The molecule has 6 heteroatoms. The average Bonchev–Trinajstić information content (AvgIpc) is 3.23. The average molecular weight is 379 g/mol. The van der Waals surface area contributed by atoms with Crippen LogP contribution in [0.15, 0.2) is 65.8 Å². The summed E-state index contributed by atoms with van der Waals surface area (Å²) in [5, 5.41) is 9.75. The van der Waals surface area contributed by atoms with Crippen molar-refractivity contribution in [3.8, 4) is 0 Å². The van der Waals surface area contributed by atoms with Gasteiger partial charge >= 0.3 is 0 Å². The van der Waals surface area contributed by atoms with Crippen molar-refractivity contribution in [2.24, 2.45) is 5.16 Å². The number of benzene rings is 2. The van der Waals surface area contributed by atoms with Gasteiger partial charge in [-0.2, -0.15) is 0 Å². The number of carbonyl (C=O) groups excluding carboxylic acids is 2. The van der Waals surface area contributed by atoms with Gasteiger partial charge in [0.25, 0.3) is 5.91 Å². The Labute approximate surface area is 165 Å². The van der Waals surface area contributed by atoms with Crippen molar-refractivity contribution in [1.29, 1.82) is 0 Å². The molecule has 1 heterocycles. The standard InChI is InChI=1S/C22H25N3O3/c1-2-13-23-21(26)19(14-16-9-5-3-6-10-16)24-22(27)20-15-18(25-28-20)17-11-7-4-8-12-17/h3-12,19-20H,2,13-15H2,1H3,(H,23,26)(H,24,27). The molecular formula is C22H25N3O3. The van der Waals surface area contributed by atoms with Crippen molar-refractivity contribution in [1.82, 2.24) is 10.6 Å². The molecule has 0 spiro atoms. The maximum Gasteiger partial charge on any atom is 0.265 e. The number of oxime groups is 1.